The Kier molecular flexibility index (Phi) is 12.3. The van der Waals surface area contributed by atoms with Crippen LogP contribution in [0.2, 0.25) is 0 Å². The number of nitro benzene ring substituents is 1. The van der Waals surface area contributed by atoms with Crippen molar-refractivity contribution in [3.05, 3.63) is 88.0 Å². The molecule has 3 rings (SSSR count). The summed E-state index contributed by atoms with van der Waals surface area (Å²) in [5.41, 5.74) is 0.728. The molecular formula is C32H40N4O8S. The molecule has 2 amide bonds. The average molecular weight is 641 g/mol. The number of rotatable bonds is 16. The fourth-order valence-electron chi connectivity index (χ4n) is 4.74. The van der Waals surface area contributed by atoms with Crippen molar-refractivity contribution < 1.29 is 32.4 Å². The Hall–Kier alpha value is -4.65. The summed E-state index contributed by atoms with van der Waals surface area (Å²) in [6.45, 7) is 5.04. The summed E-state index contributed by atoms with van der Waals surface area (Å²) in [7, 11) is -1.53. The van der Waals surface area contributed by atoms with Gasteiger partial charge in [-0.2, -0.15) is 0 Å². The van der Waals surface area contributed by atoms with Crippen molar-refractivity contribution in [3.8, 4) is 11.5 Å². The van der Waals surface area contributed by atoms with Gasteiger partial charge in [-0.3, -0.25) is 24.0 Å². The summed E-state index contributed by atoms with van der Waals surface area (Å²) in [5.74, 6) is 0.0260. The van der Waals surface area contributed by atoms with Crippen molar-refractivity contribution in [1.82, 2.24) is 10.2 Å². The van der Waals surface area contributed by atoms with Gasteiger partial charge < -0.3 is 19.7 Å². The summed E-state index contributed by atoms with van der Waals surface area (Å²) < 4.78 is 39.7. The molecule has 0 aliphatic carbocycles. The molecule has 0 heterocycles. The van der Waals surface area contributed by atoms with Crippen LogP contribution in [0.15, 0.2) is 71.6 Å². The van der Waals surface area contributed by atoms with Crippen LogP contribution in [0.4, 0.5) is 11.4 Å². The predicted octanol–water partition coefficient (Wildman–Crippen LogP) is 4.84. The van der Waals surface area contributed by atoms with E-state index in [-0.39, 0.29) is 40.7 Å². The number of nitrogens with one attached hydrogen (secondary N) is 1. The first-order valence-electron chi connectivity index (χ1n) is 14.6. The predicted molar refractivity (Wildman–Crippen MR) is 171 cm³/mol. The van der Waals surface area contributed by atoms with E-state index in [0.717, 1.165) is 23.2 Å². The monoisotopic (exact) mass is 640 g/mol. The zero-order chi connectivity index (χ0) is 33.1. The number of hydrogen-bond acceptors (Lipinski definition) is 8. The number of carbonyl (C=O) groups is 2. The number of nitro groups is 1. The number of carbonyl (C=O) groups excluding carboxylic acids is 2. The highest BCUT2D eigenvalue weighted by atomic mass is 32.2. The number of aryl methyl sites for hydroxylation is 1. The Morgan fingerprint density at radius 1 is 0.978 bits per heavy atom. The van der Waals surface area contributed by atoms with Crippen molar-refractivity contribution in [2.45, 2.75) is 57.5 Å². The molecule has 0 aromatic heterocycles. The topological polar surface area (TPSA) is 148 Å². The number of methoxy groups -OCH3 is 2. The molecule has 13 heteroatoms. The van der Waals surface area contributed by atoms with Gasteiger partial charge in [0.25, 0.3) is 15.7 Å². The quantitative estimate of drug-likeness (QED) is 0.133. The molecule has 3 aromatic rings. The van der Waals surface area contributed by atoms with Crippen LogP contribution in [0, 0.1) is 17.0 Å². The van der Waals surface area contributed by atoms with Crippen LogP contribution >= 0.6 is 0 Å². The lowest BCUT2D eigenvalue weighted by Gasteiger charge is -2.33. The van der Waals surface area contributed by atoms with Crippen LogP contribution in [-0.2, 0) is 26.2 Å². The van der Waals surface area contributed by atoms with Crippen molar-refractivity contribution >= 4 is 33.2 Å². The molecule has 3 aromatic carbocycles. The molecule has 242 valence electrons. The van der Waals surface area contributed by atoms with Crippen molar-refractivity contribution in [2.24, 2.45) is 0 Å². The van der Waals surface area contributed by atoms with Crippen LogP contribution in [0.1, 0.15) is 44.2 Å². The van der Waals surface area contributed by atoms with Gasteiger partial charge in [0.15, 0.2) is 0 Å². The number of ether oxygens (including phenoxy) is 2. The second-order valence-electron chi connectivity index (χ2n) is 10.4. The van der Waals surface area contributed by atoms with Gasteiger partial charge in [0.2, 0.25) is 11.8 Å². The first kappa shape index (κ1) is 34.8. The third-order valence-corrected chi connectivity index (χ3v) is 9.08. The molecular weight excluding hydrogens is 600 g/mol. The van der Waals surface area contributed by atoms with Crippen molar-refractivity contribution in [2.75, 3.05) is 31.6 Å². The average Bonchev–Trinajstić information content (AvgIpc) is 3.03. The SMILES string of the molecule is CCCCNC(=O)C(CC)N(Cc1cccc(OC)c1)C(=O)CN(c1ccc(OC)cc1)S(=O)(=O)c1ccc(C)c([N+](=O)[O-])c1. The number of sulfonamides is 1. The first-order valence-corrected chi connectivity index (χ1v) is 16.0. The lowest BCUT2D eigenvalue weighted by molar-refractivity contribution is -0.385. The smallest absolute Gasteiger partial charge is 0.273 e. The Morgan fingerprint density at radius 2 is 1.67 bits per heavy atom. The van der Waals surface area contributed by atoms with Gasteiger partial charge >= 0.3 is 0 Å². The highest BCUT2D eigenvalue weighted by molar-refractivity contribution is 7.92. The summed E-state index contributed by atoms with van der Waals surface area (Å²) >= 11 is 0. The van der Waals surface area contributed by atoms with Gasteiger partial charge in [-0.05, 0) is 67.8 Å². The fourth-order valence-corrected chi connectivity index (χ4v) is 6.18. The number of anilines is 1. The summed E-state index contributed by atoms with van der Waals surface area (Å²) in [6, 6.07) is 15.8. The Morgan fingerprint density at radius 3 is 2.27 bits per heavy atom. The van der Waals surface area contributed by atoms with E-state index in [4.69, 9.17) is 9.47 Å². The molecule has 1 N–H and O–H groups in total. The zero-order valence-corrected chi connectivity index (χ0v) is 27.0. The number of unbranched alkanes of at least 4 members (excludes halogenated alkanes) is 1. The molecule has 0 spiro atoms. The molecule has 1 unspecified atom stereocenters. The normalized spacial score (nSPS) is 11.8. The second-order valence-corrected chi connectivity index (χ2v) is 12.2. The maximum Gasteiger partial charge on any atom is 0.273 e. The number of nitrogens with zero attached hydrogens (tertiary/aromatic N) is 3. The number of benzene rings is 3. The maximum atomic E-state index is 14.2. The molecule has 0 saturated heterocycles. The third-order valence-electron chi connectivity index (χ3n) is 7.31. The minimum Gasteiger partial charge on any atom is -0.497 e. The molecule has 0 aliphatic heterocycles. The second kappa shape index (κ2) is 15.9. The van der Waals surface area contributed by atoms with Crippen LogP contribution in [0.5, 0.6) is 11.5 Å². The first-order chi connectivity index (χ1) is 21.5. The summed E-state index contributed by atoms with van der Waals surface area (Å²) in [6.07, 6.45) is 1.90. The van der Waals surface area contributed by atoms with E-state index in [0.29, 0.717) is 23.6 Å². The molecule has 0 saturated carbocycles. The van der Waals surface area contributed by atoms with Gasteiger partial charge in [-0.15, -0.1) is 0 Å². The van der Waals surface area contributed by atoms with Gasteiger partial charge in [0, 0.05) is 24.7 Å². The van der Waals surface area contributed by atoms with E-state index in [1.165, 1.54) is 50.3 Å². The lowest BCUT2D eigenvalue weighted by atomic mass is 10.1. The van der Waals surface area contributed by atoms with Crippen LogP contribution < -0.4 is 19.1 Å². The Balaban J connectivity index is 2.11. The molecule has 12 nitrogen and oxygen atoms in total. The molecule has 1 atom stereocenters. The van der Waals surface area contributed by atoms with Crippen molar-refractivity contribution in [3.63, 3.8) is 0 Å². The van der Waals surface area contributed by atoms with Crippen LogP contribution in [0.3, 0.4) is 0 Å². The standard InChI is InChI=1S/C32H40N4O8S/c1-6-8-18-33-32(38)29(7-2)34(21-24-10-9-11-27(19-24)44-5)31(37)22-35(25-13-15-26(43-4)16-14-25)45(41,42)28-17-12-23(3)30(20-28)36(39)40/h9-17,19-20,29H,6-8,18,21-22H2,1-5H3,(H,33,38). The summed E-state index contributed by atoms with van der Waals surface area (Å²) in [5, 5.41) is 14.5. The van der Waals surface area contributed by atoms with E-state index >= 15 is 0 Å². The Labute approximate surface area is 264 Å². The van der Waals surface area contributed by atoms with Gasteiger partial charge in [0.1, 0.15) is 24.1 Å². The number of amides is 2. The van der Waals surface area contributed by atoms with E-state index in [1.807, 2.05) is 6.92 Å². The molecule has 45 heavy (non-hydrogen) atoms. The fraction of sp³-hybridized carbons (Fsp3) is 0.375. The minimum atomic E-state index is -4.51. The summed E-state index contributed by atoms with van der Waals surface area (Å²) in [4.78, 5) is 39.6. The van der Waals surface area contributed by atoms with E-state index in [1.54, 1.807) is 43.3 Å². The molecule has 0 aliphatic rings. The molecule has 0 radical (unpaired) electrons. The third kappa shape index (κ3) is 8.72. The molecule has 0 bridgehead atoms. The van der Waals surface area contributed by atoms with Gasteiger partial charge in [0.05, 0.1) is 29.7 Å². The lowest BCUT2D eigenvalue weighted by Crippen LogP contribution is -2.52. The highest BCUT2D eigenvalue weighted by Crippen LogP contribution is 2.30. The van der Waals surface area contributed by atoms with E-state index < -0.39 is 33.4 Å². The van der Waals surface area contributed by atoms with Crippen molar-refractivity contribution in [1.29, 1.82) is 0 Å². The largest absolute Gasteiger partial charge is 0.497 e. The maximum absolute atomic E-state index is 14.2. The molecule has 0 fully saturated rings. The van der Waals surface area contributed by atoms with E-state index in [2.05, 4.69) is 5.32 Å². The van der Waals surface area contributed by atoms with Crippen LogP contribution in [0.25, 0.3) is 0 Å². The minimum absolute atomic E-state index is 0.00222. The highest BCUT2D eigenvalue weighted by Gasteiger charge is 2.34. The van der Waals surface area contributed by atoms with Crippen LogP contribution in [-0.4, -0.2) is 63.4 Å². The Bertz CT molecular complexity index is 1590. The van der Waals surface area contributed by atoms with Gasteiger partial charge in [-0.1, -0.05) is 38.5 Å². The number of hydrogen-bond donors (Lipinski definition) is 1. The zero-order valence-electron chi connectivity index (χ0n) is 26.2. The van der Waals surface area contributed by atoms with E-state index in [9.17, 15) is 28.1 Å². The van der Waals surface area contributed by atoms with Gasteiger partial charge in [-0.25, -0.2) is 8.42 Å².